The monoisotopic (exact) mass is 265 g/mol. The predicted octanol–water partition coefficient (Wildman–Crippen LogP) is 3.16. The molecule has 0 radical (unpaired) electrons. The van der Waals surface area contributed by atoms with Crippen LogP contribution in [0.15, 0.2) is 24.3 Å². The second kappa shape index (κ2) is 7.01. The molecule has 1 aliphatic rings. The van der Waals surface area contributed by atoms with Crippen LogP contribution >= 0.6 is 0 Å². The zero-order chi connectivity index (χ0) is 13.7. The molecule has 3 unspecified atom stereocenters. The molecule has 0 bridgehead atoms. The maximum Gasteiger partial charge on any atom is 0.123 e. The second-order valence-corrected chi connectivity index (χ2v) is 5.26. The third-order valence-electron chi connectivity index (χ3n) is 4.02. The van der Waals surface area contributed by atoms with Crippen molar-refractivity contribution < 1.29 is 9.13 Å². The molecule has 1 saturated heterocycles. The lowest BCUT2D eigenvalue weighted by Crippen LogP contribution is -2.41. The van der Waals surface area contributed by atoms with E-state index in [1.165, 1.54) is 5.56 Å². The summed E-state index contributed by atoms with van der Waals surface area (Å²) in [6.45, 7) is 6.14. The zero-order valence-corrected chi connectivity index (χ0v) is 11.9. The molecular formula is C16H24FNO. The zero-order valence-electron chi connectivity index (χ0n) is 11.9. The highest BCUT2D eigenvalue weighted by atomic mass is 19.1. The first-order valence-corrected chi connectivity index (χ1v) is 7.34. The molecule has 106 valence electrons. The minimum absolute atomic E-state index is 0.167. The van der Waals surface area contributed by atoms with Crippen molar-refractivity contribution in [2.75, 3.05) is 13.2 Å². The van der Waals surface area contributed by atoms with Gasteiger partial charge in [0, 0.05) is 18.6 Å². The van der Waals surface area contributed by atoms with Crippen molar-refractivity contribution in [1.82, 2.24) is 5.32 Å². The van der Waals surface area contributed by atoms with Crippen LogP contribution in [0.2, 0.25) is 0 Å². The summed E-state index contributed by atoms with van der Waals surface area (Å²) in [5, 5.41) is 3.58. The first-order chi connectivity index (χ1) is 9.24. The lowest BCUT2D eigenvalue weighted by molar-refractivity contribution is 0.0776. The standard InChI is InChI=1S/C16H24FNO/c1-3-16-14(9-10-19-16)15(18-4-2)11-12-5-7-13(17)8-6-12/h5-8,14-16,18H,3-4,9-11H2,1-2H3. The van der Waals surface area contributed by atoms with E-state index in [1.54, 1.807) is 12.1 Å². The fourth-order valence-corrected chi connectivity index (χ4v) is 3.06. The molecule has 1 N–H and O–H groups in total. The Labute approximate surface area is 115 Å². The molecule has 19 heavy (non-hydrogen) atoms. The van der Waals surface area contributed by atoms with Crippen LogP contribution in [0.1, 0.15) is 32.3 Å². The molecular weight excluding hydrogens is 241 g/mol. The summed E-state index contributed by atoms with van der Waals surface area (Å²) in [7, 11) is 0. The van der Waals surface area contributed by atoms with E-state index in [4.69, 9.17) is 4.74 Å². The van der Waals surface area contributed by atoms with E-state index in [2.05, 4.69) is 19.2 Å². The van der Waals surface area contributed by atoms with Crippen molar-refractivity contribution >= 4 is 0 Å². The molecule has 0 aliphatic carbocycles. The van der Waals surface area contributed by atoms with E-state index in [9.17, 15) is 4.39 Å². The largest absolute Gasteiger partial charge is 0.378 e. The Morgan fingerprint density at radius 1 is 1.32 bits per heavy atom. The lowest BCUT2D eigenvalue weighted by Gasteiger charge is -2.28. The summed E-state index contributed by atoms with van der Waals surface area (Å²) < 4.78 is 18.8. The second-order valence-electron chi connectivity index (χ2n) is 5.26. The van der Waals surface area contributed by atoms with Gasteiger partial charge in [0.2, 0.25) is 0 Å². The van der Waals surface area contributed by atoms with Gasteiger partial charge in [0.05, 0.1) is 6.10 Å². The predicted molar refractivity (Wildman–Crippen MR) is 75.7 cm³/mol. The molecule has 1 aromatic rings. The van der Waals surface area contributed by atoms with Crippen LogP contribution in [-0.4, -0.2) is 25.3 Å². The molecule has 0 saturated carbocycles. The molecule has 2 rings (SSSR count). The summed E-state index contributed by atoms with van der Waals surface area (Å²) in [4.78, 5) is 0. The van der Waals surface area contributed by atoms with Gasteiger partial charge in [-0.1, -0.05) is 26.0 Å². The number of ether oxygens (including phenoxy) is 1. The normalized spacial score (nSPS) is 24.6. The van der Waals surface area contributed by atoms with E-state index in [0.29, 0.717) is 18.1 Å². The maximum absolute atomic E-state index is 13.0. The number of halogens is 1. The van der Waals surface area contributed by atoms with Crippen molar-refractivity contribution in [3.8, 4) is 0 Å². The average molecular weight is 265 g/mol. The summed E-state index contributed by atoms with van der Waals surface area (Å²) in [6, 6.07) is 7.27. The van der Waals surface area contributed by atoms with Gasteiger partial charge < -0.3 is 10.1 Å². The van der Waals surface area contributed by atoms with Gasteiger partial charge in [-0.2, -0.15) is 0 Å². The summed E-state index contributed by atoms with van der Waals surface area (Å²) >= 11 is 0. The molecule has 1 aromatic carbocycles. The van der Waals surface area contributed by atoms with Crippen molar-refractivity contribution in [3.63, 3.8) is 0 Å². The van der Waals surface area contributed by atoms with Crippen LogP contribution in [0.25, 0.3) is 0 Å². The van der Waals surface area contributed by atoms with E-state index in [1.807, 2.05) is 12.1 Å². The Morgan fingerprint density at radius 2 is 2.05 bits per heavy atom. The quantitative estimate of drug-likeness (QED) is 0.853. The molecule has 3 heteroatoms. The number of nitrogens with one attached hydrogen (secondary N) is 1. The van der Waals surface area contributed by atoms with Crippen LogP contribution in [0.3, 0.4) is 0 Å². The molecule has 1 heterocycles. The van der Waals surface area contributed by atoms with Gasteiger partial charge in [-0.3, -0.25) is 0 Å². The SMILES string of the molecule is CCNC(Cc1ccc(F)cc1)C1CCOC1CC. The minimum Gasteiger partial charge on any atom is -0.378 e. The van der Waals surface area contributed by atoms with E-state index in [-0.39, 0.29) is 5.82 Å². The fraction of sp³-hybridized carbons (Fsp3) is 0.625. The number of likely N-dealkylation sites (N-methyl/N-ethyl adjacent to an activating group) is 1. The first-order valence-electron chi connectivity index (χ1n) is 7.34. The molecule has 0 amide bonds. The van der Waals surface area contributed by atoms with E-state index < -0.39 is 0 Å². The van der Waals surface area contributed by atoms with Crippen LogP contribution < -0.4 is 5.32 Å². The van der Waals surface area contributed by atoms with Crippen molar-refractivity contribution in [2.24, 2.45) is 5.92 Å². The van der Waals surface area contributed by atoms with Gasteiger partial charge in [0.1, 0.15) is 5.82 Å². The van der Waals surface area contributed by atoms with Crippen LogP contribution in [0.4, 0.5) is 4.39 Å². The average Bonchev–Trinajstić information content (AvgIpc) is 2.89. The Bertz CT molecular complexity index is 379. The molecule has 1 fully saturated rings. The highest BCUT2D eigenvalue weighted by molar-refractivity contribution is 5.17. The minimum atomic E-state index is -0.167. The highest BCUT2D eigenvalue weighted by Crippen LogP contribution is 2.28. The third kappa shape index (κ3) is 3.77. The number of benzene rings is 1. The number of hydrogen-bond acceptors (Lipinski definition) is 2. The molecule has 3 atom stereocenters. The molecule has 2 nitrogen and oxygen atoms in total. The van der Waals surface area contributed by atoms with E-state index >= 15 is 0 Å². The number of hydrogen-bond donors (Lipinski definition) is 1. The van der Waals surface area contributed by atoms with Gasteiger partial charge in [-0.25, -0.2) is 4.39 Å². The Morgan fingerprint density at radius 3 is 2.68 bits per heavy atom. The topological polar surface area (TPSA) is 21.3 Å². The Hall–Kier alpha value is -0.930. The van der Waals surface area contributed by atoms with Crippen molar-refractivity contribution in [1.29, 1.82) is 0 Å². The van der Waals surface area contributed by atoms with Crippen molar-refractivity contribution in [3.05, 3.63) is 35.6 Å². The van der Waals surface area contributed by atoms with Gasteiger partial charge in [0.25, 0.3) is 0 Å². The van der Waals surface area contributed by atoms with Crippen LogP contribution in [0, 0.1) is 11.7 Å². The summed E-state index contributed by atoms with van der Waals surface area (Å²) in [5.41, 5.74) is 1.19. The molecule has 1 aliphatic heterocycles. The lowest BCUT2D eigenvalue weighted by atomic mass is 9.87. The number of rotatable bonds is 6. The molecule has 0 aromatic heterocycles. The van der Waals surface area contributed by atoms with E-state index in [0.717, 1.165) is 32.4 Å². The van der Waals surface area contributed by atoms with Gasteiger partial charge in [-0.15, -0.1) is 0 Å². The third-order valence-corrected chi connectivity index (χ3v) is 4.02. The Balaban J connectivity index is 2.04. The molecule has 0 spiro atoms. The summed E-state index contributed by atoms with van der Waals surface area (Å²) in [6.07, 6.45) is 3.50. The first kappa shape index (κ1) is 14.5. The maximum atomic E-state index is 13.0. The van der Waals surface area contributed by atoms with Crippen molar-refractivity contribution in [2.45, 2.75) is 45.3 Å². The Kier molecular flexibility index (Phi) is 5.34. The fourth-order valence-electron chi connectivity index (χ4n) is 3.06. The van der Waals surface area contributed by atoms with Gasteiger partial charge in [-0.05, 0) is 43.5 Å². The van der Waals surface area contributed by atoms with Crippen LogP contribution in [0.5, 0.6) is 0 Å². The summed E-state index contributed by atoms with van der Waals surface area (Å²) in [5.74, 6) is 0.398. The van der Waals surface area contributed by atoms with Gasteiger partial charge >= 0.3 is 0 Å². The highest BCUT2D eigenvalue weighted by Gasteiger charge is 2.33. The van der Waals surface area contributed by atoms with Gasteiger partial charge in [0.15, 0.2) is 0 Å². The smallest absolute Gasteiger partial charge is 0.123 e. The van der Waals surface area contributed by atoms with Crippen LogP contribution in [-0.2, 0) is 11.2 Å².